The van der Waals surface area contributed by atoms with Gasteiger partial charge in [0.1, 0.15) is 0 Å². The third kappa shape index (κ3) is 3.25. The minimum Gasteiger partial charge on any atom is -0.478 e. The highest BCUT2D eigenvalue weighted by molar-refractivity contribution is 7.92. The largest absolute Gasteiger partial charge is 0.478 e. The molecule has 2 aromatic rings. The quantitative estimate of drug-likeness (QED) is 0.870. The zero-order valence-corrected chi connectivity index (χ0v) is 15.1. The van der Waals surface area contributed by atoms with Crippen molar-refractivity contribution in [1.82, 2.24) is 0 Å². The summed E-state index contributed by atoms with van der Waals surface area (Å²) in [5, 5.41) is 9.30. The van der Waals surface area contributed by atoms with E-state index in [0.29, 0.717) is 5.69 Å². The second kappa shape index (κ2) is 6.83. The number of halogens is 1. The standard InChI is InChI=1S/C17H18ClNO4S/c1-4-19(13-7-5-11(2)6-8-13)24(22,23)15-10-9-14(18)16(12(15)3)17(20)21/h5-10H,4H2,1-3H3,(H,20,21). The molecule has 7 heteroatoms. The molecule has 0 aliphatic carbocycles. The van der Waals surface area contributed by atoms with Gasteiger partial charge in [-0.1, -0.05) is 29.3 Å². The van der Waals surface area contributed by atoms with Crippen LogP contribution in [-0.2, 0) is 10.0 Å². The van der Waals surface area contributed by atoms with Crippen molar-refractivity contribution in [2.45, 2.75) is 25.7 Å². The Hall–Kier alpha value is -2.05. The summed E-state index contributed by atoms with van der Waals surface area (Å²) in [6.45, 7) is 5.30. The molecule has 0 bridgehead atoms. The number of aromatic carboxylic acids is 1. The van der Waals surface area contributed by atoms with Gasteiger partial charge in [-0.25, -0.2) is 13.2 Å². The van der Waals surface area contributed by atoms with Crippen LogP contribution in [0, 0.1) is 13.8 Å². The highest BCUT2D eigenvalue weighted by atomic mass is 35.5. The highest BCUT2D eigenvalue weighted by Gasteiger charge is 2.28. The van der Waals surface area contributed by atoms with Crippen LogP contribution in [0.4, 0.5) is 5.69 Å². The number of sulfonamides is 1. The van der Waals surface area contributed by atoms with E-state index in [1.165, 1.54) is 23.4 Å². The van der Waals surface area contributed by atoms with Crippen molar-refractivity contribution in [3.05, 3.63) is 58.1 Å². The molecule has 2 rings (SSSR count). The maximum absolute atomic E-state index is 13.0. The Morgan fingerprint density at radius 2 is 1.71 bits per heavy atom. The van der Waals surface area contributed by atoms with E-state index in [2.05, 4.69) is 0 Å². The van der Waals surface area contributed by atoms with Crippen molar-refractivity contribution >= 4 is 33.3 Å². The van der Waals surface area contributed by atoms with Crippen molar-refractivity contribution in [1.29, 1.82) is 0 Å². The van der Waals surface area contributed by atoms with E-state index in [1.807, 2.05) is 19.1 Å². The molecular formula is C17H18ClNO4S. The summed E-state index contributed by atoms with van der Waals surface area (Å²) in [4.78, 5) is 11.3. The maximum atomic E-state index is 13.0. The van der Waals surface area contributed by atoms with Gasteiger partial charge >= 0.3 is 5.97 Å². The molecule has 128 valence electrons. The van der Waals surface area contributed by atoms with Gasteiger partial charge in [0.2, 0.25) is 0 Å². The Morgan fingerprint density at radius 1 is 1.12 bits per heavy atom. The van der Waals surface area contributed by atoms with Gasteiger partial charge in [-0.3, -0.25) is 4.31 Å². The third-order valence-corrected chi connectivity index (χ3v) is 6.12. The Kier molecular flexibility index (Phi) is 5.20. The van der Waals surface area contributed by atoms with Crippen molar-refractivity contribution in [3.63, 3.8) is 0 Å². The molecule has 24 heavy (non-hydrogen) atoms. The molecule has 0 spiro atoms. The minimum atomic E-state index is -3.91. The predicted molar refractivity (Wildman–Crippen MR) is 94.5 cm³/mol. The molecule has 1 N–H and O–H groups in total. The maximum Gasteiger partial charge on any atom is 0.337 e. The summed E-state index contributed by atoms with van der Waals surface area (Å²) >= 11 is 5.91. The lowest BCUT2D eigenvalue weighted by Crippen LogP contribution is -2.31. The van der Waals surface area contributed by atoms with E-state index in [1.54, 1.807) is 19.1 Å². The predicted octanol–water partition coefficient (Wildman–Crippen LogP) is 3.87. The zero-order valence-electron chi connectivity index (χ0n) is 13.6. The van der Waals surface area contributed by atoms with Gasteiger partial charge in [0, 0.05) is 6.54 Å². The average Bonchev–Trinajstić information content (AvgIpc) is 2.49. The molecule has 0 unspecified atom stereocenters. The van der Waals surface area contributed by atoms with Crippen molar-refractivity contribution < 1.29 is 18.3 Å². The van der Waals surface area contributed by atoms with Crippen LogP contribution in [0.5, 0.6) is 0 Å². The van der Waals surface area contributed by atoms with Crippen molar-refractivity contribution in [2.24, 2.45) is 0 Å². The van der Waals surface area contributed by atoms with Gasteiger partial charge in [-0.2, -0.15) is 0 Å². The number of rotatable bonds is 5. The van der Waals surface area contributed by atoms with Gasteiger partial charge in [-0.05, 0) is 50.6 Å². The normalized spacial score (nSPS) is 11.3. The second-order valence-electron chi connectivity index (χ2n) is 5.36. The van der Waals surface area contributed by atoms with E-state index in [-0.39, 0.29) is 27.6 Å². The highest BCUT2D eigenvalue weighted by Crippen LogP contribution is 2.30. The molecule has 2 aromatic carbocycles. The number of benzene rings is 2. The third-order valence-electron chi connectivity index (χ3n) is 3.76. The van der Waals surface area contributed by atoms with Crippen molar-refractivity contribution in [3.8, 4) is 0 Å². The lowest BCUT2D eigenvalue weighted by molar-refractivity contribution is 0.0696. The van der Waals surface area contributed by atoms with E-state index >= 15 is 0 Å². The first kappa shape index (κ1) is 18.3. The summed E-state index contributed by atoms with van der Waals surface area (Å²) < 4.78 is 27.3. The Balaban J connectivity index is 2.63. The number of carboxylic acids is 1. The number of hydrogen-bond acceptors (Lipinski definition) is 3. The molecule has 0 heterocycles. The Bertz CT molecular complexity index is 876. The monoisotopic (exact) mass is 367 g/mol. The van der Waals surface area contributed by atoms with Crippen LogP contribution in [-0.4, -0.2) is 26.0 Å². The molecule has 5 nitrogen and oxygen atoms in total. The van der Waals surface area contributed by atoms with Gasteiger partial charge in [0.25, 0.3) is 10.0 Å². The van der Waals surface area contributed by atoms with Crippen LogP contribution in [0.15, 0.2) is 41.3 Å². The summed E-state index contributed by atoms with van der Waals surface area (Å²) in [6, 6.07) is 9.74. The number of nitrogens with zero attached hydrogens (tertiary/aromatic N) is 1. The summed E-state index contributed by atoms with van der Waals surface area (Å²) in [5.41, 5.74) is 1.47. The Labute approximate surface area is 146 Å². The molecule has 0 fully saturated rings. The lowest BCUT2D eigenvalue weighted by Gasteiger charge is -2.24. The molecule has 0 amide bonds. The van der Waals surface area contributed by atoms with Crippen LogP contribution in [0.2, 0.25) is 5.02 Å². The van der Waals surface area contributed by atoms with Gasteiger partial charge in [-0.15, -0.1) is 0 Å². The average molecular weight is 368 g/mol. The summed E-state index contributed by atoms with van der Waals surface area (Å²) in [6.07, 6.45) is 0. The molecular weight excluding hydrogens is 350 g/mol. The molecule has 0 aliphatic heterocycles. The lowest BCUT2D eigenvalue weighted by atomic mass is 10.1. The SMILES string of the molecule is CCN(c1ccc(C)cc1)S(=O)(=O)c1ccc(Cl)c(C(=O)O)c1C. The fourth-order valence-corrected chi connectivity index (χ4v) is 4.51. The molecule has 0 saturated heterocycles. The van der Waals surface area contributed by atoms with Crippen LogP contribution in [0.3, 0.4) is 0 Å². The van der Waals surface area contributed by atoms with Gasteiger partial charge in [0.15, 0.2) is 0 Å². The molecule has 0 atom stereocenters. The van der Waals surface area contributed by atoms with Crippen LogP contribution < -0.4 is 4.31 Å². The first-order chi connectivity index (χ1) is 11.2. The summed E-state index contributed by atoms with van der Waals surface area (Å²) in [7, 11) is -3.91. The van der Waals surface area contributed by atoms with Crippen LogP contribution in [0.1, 0.15) is 28.4 Å². The first-order valence-corrected chi connectivity index (χ1v) is 9.13. The van der Waals surface area contributed by atoms with Crippen LogP contribution in [0.25, 0.3) is 0 Å². The number of hydrogen-bond donors (Lipinski definition) is 1. The fourth-order valence-electron chi connectivity index (χ4n) is 2.52. The minimum absolute atomic E-state index is 0.0114. The van der Waals surface area contributed by atoms with E-state index in [4.69, 9.17) is 11.6 Å². The number of carboxylic acid groups (broad SMARTS) is 1. The summed E-state index contributed by atoms with van der Waals surface area (Å²) in [5.74, 6) is -1.26. The van der Waals surface area contributed by atoms with E-state index in [9.17, 15) is 18.3 Å². The Morgan fingerprint density at radius 3 is 2.21 bits per heavy atom. The second-order valence-corrected chi connectivity index (χ2v) is 7.59. The topological polar surface area (TPSA) is 74.7 Å². The smallest absolute Gasteiger partial charge is 0.337 e. The number of aryl methyl sites for hydroxylation is 1. The van der Waals surface area contributed by atoms with E-state index in [0.717, 1.165) is 5.56 Å². The van der Waals surface area contributed by atoms with Crippen molar-refractivity contribution in [2.75, 3.05) is 10.8 Å². The first-order valence-electron chi connectivity index (χ1n) is 7.32. The fraction of sp³-hybridized carbons (Fsp3) is 0.235. The molecule has 0 aromatic heterocycles. The van der Waals surface area contributed by atoms with E-state index < -0.39 is 16.0 Å². The number of anilines is 1. The van der Waals surface area contributed by atoms with Gasteiger partial charge < -0.3 is 5.11 Å². The van der Waals surface area contributed by atoms with Crippen LogP contribution >= 0.6 is 11.6 Å². The molecule has 0 saturated carbocycles. The zero-order chi connectivity index (χ0) is 18.1. The molecule has 0 radical (unpaired) electrons. The number of carbonyl (C=O) groups is 1. The molecule has 0 aliphatic rings. The van der Waals surface area contributed by atoms with Gasteiger partial charge in [0.05, 0.1) is 21.2 Å².